The van der Waals surface area contributed by atoms with Gasteiger partial charge < -0.3 is 10.2 Å². The van der Waals surface area contributed by atoms with Crippen LogP contribution in [0, 0.1) is 5.92 Å². The van der Waals surface area contributed by atoms with Crippen LogP contribution in [0.4, 0.5) is 11.4 Å². The van der Waals surface area contributed by atoms with Crippen LogP contribution in [0.1, 0.15) is 32.6 Å². The quantitative estimate of drug-likeness (QED) is 0.851. The van der Waals surface area contributed by atoms with E-state index >= 15 is 0 Å². The zero-order valence-electron chi connectivity index (χ0n) is 10.7. The van der Waals surface area contributed by atoms with Gasteiger partial charge in [-0.25, -0.2) is 0 Å². The zero-order chi connectivity index (χ0) is 11.7. The third kappa shape index (κ3) is 2.56. The van der Waals surface area contributed by atoms with E-state index in [0.717, 1.165) is 5.92 Å². The number of anilines is 2. The van der Waals surface area contributed by atoms with E-state index < -0.39 is 0 Å². The van der Waals surface area contributed by atoms with Crippen molar-refractivity contribution in [1.82, 2.24) is 0 Å². The van der Waals surface area contributed by atoms with Crippen LogP contribution in [0.15, 0.2) is 24.3 Å². The molecule has 0 aromatic heterocycles. The Morgan fingerprint density at radius 2 is 2.00 bits per heavy atom. The second-order valence-corrected chi connectivity index (χ2v) is 5.51. The fourth-order valence-corrected chi connectivity index (χ4v) is 2.74. The van der Waals surface area contributed by atoms with Crippen molar-refractivity contribution in [2.75, 3.05) is 23.3 Å². The van der Waals surface area contributed by atoms with Gasteiger partial charge in [0.05, 0.1) is 0 Å². The molecular weight excluding hydrogens is 208 g/mol. The van der Waals surface area contributed by atoms with E-state index in [2.05, 4.69) is 41.4 Å². The second-order valence-electron chi connectivity index (χ2n) is 5.51. The average Bonchev–Trinajstić information content (AvgIpc) is 3.05. The van der Waals surface area contributed by atoms with Crippen LogP contribution >= 0.6 is 0 Å². The summed E-state index contributed by atoms with van der Waals surface area (Å²) in [6.45, 7) is 4.75. The minimum Gasteiger partial charge on any atom is -0.382 e. The molecule has 2 nitrogen and oxygen atoms in total. The first-order chi connectivity index (χ1) is 8.33. The van der Waals surface area contributed by atoms with Crippen molar-refractivity contribution in [1.29, 1.82) is 0 Å². The summed E-state index contributed by atoms with van der Waals surface area (Å²) < 4.78 is 0. The molecule has 2 fully saturated rings. The number of hydrogen-bond donors (Lipinski definition) is 1. The molecule has 1 aromatic rings. The maximum absolute atomic E-state index is 3.64. The largest absolute Gasteiger partial charge is 0.382 e. The van der Waals surface area contributed by atoms with Gasteiger partial charge in [0.15, 0.2) is 0 Å². The molecule has 1 saturated heterocycles. The standard InChI is InChI=1S/C15H22N2/c1-12(13-7-8-13)16-14-5-4-6-15(11-14)17-9-2-3-10-17/h4-6,11-13,16H,2-3,7-10H2,1H3. The topological polar surface area (TPSA) is 15.3 Å². The van der Waals surface area contributed by atoms with Gasteiger partial charge in [0.2, 0.25) is 0 Å². The van der Waals surface area contributed by atoms with Gasteiger partial charge in [0.1, 0.15) is 0 Å². The Labute approximate surface area is 104 Å². The molecule has 1 unspecified atom stereocenters. The number of nitrogens with one attached hydrogen (secondary N) is 1. The zero-order valence-corrected chi connectivity index (χ0v) is 10.7. The van der Waals surface area contributed by atoms with E-state index in [1.165, 1.54) is 50.1 Å². The highest BCUT2D eigenvalue weighted by molar-refractivity contribution is 5.58. The van der Waals surface area contributed by atoms with Gasteiger partial charge in [-0.15, -0.1) is 0 Å². The van der Waals surface area contributed by atoms with Crippen LogP contribution < -0.4 is 10.2 Å². The van der Waals surface area contributed by atoms with Gasteiger partial charge in [0, 0.05) is 30.5 Å². The summed E-state index contributed by atoms with van der Waals surface area (Å²) in [7, 11) is 0. The van der Waals surface area contributed by atoms with E-state index in [4.69, 9.17) is 0 Å². The molecule has 1 heterocycles. The van der Waals surface area contributed by atoms with Crippen molar-refractivity contribution < 1.29 is 0 Å². The maximum Gasteiger partial charge on any atom is 0.0386 e. The van der Waals surface area contributed by atoms with Gasteiger partial charge >= 0.3 is 0 Å². The van der Waals surface area contributed by atoms with Crippen molar-refractivity contribution in [3.63, 3.8) is 0 Å². The minimum absolute atomic E-state index is 0.629. The lowest BCUT2D eigenvalue weighted by Crippen LogP contribution is -2.19. The molecule has 1 N–H and O–H groups in total. The third-order valence-corrected chi connectivity index (χ3v) is 4.04. The van der Waals surface area contributed by atoms with Crippen molar-refractivity contribution in [2.24, 2.45) is 5.92 Å². The average molecular weight is 230 g/mol. The summed E-state index contributed by atoms with van der Waals surface area (Å²) in [6.07, 6.45) is 5.49. The predicted molar refractivity (Wildman–Crippen MR) is 73.7 cm³/mol. The molecule has 3 rings (SSSR count). The van der Waals surface area contributed by atoms with Crippen LogP contribution in [-0.2, 0) is 0 Å². The molecule has 1 saturated carbocycles. The third-order valence-electron chi connectivity index (χ3n) is 4.04. The Bertz CT molecular complexity index is 378. The molecule has 0 amide bonds. The van der Waals surface area contributed by atoms with E-state index in [0.29, 0.717) is 6.04 Å². The maximum atomic E-state index is 3.64. The lowest BCUT2D eigenvalue weighted by molar-refractivity contribution is 0.694. The highest BCUT2D eigenvalue weighted by atomic mass is 15.1. The molecule has 1 aliphatic carbocycles. The van der Waals surface area contributed by atoms with Gasteiger partial charge in [0.25, 0.3) is 0 Å². The molecular formula is C15H22N2. The van der Waals surface area contributed by atoms with Crippen molar-refractivity contribution in [3.8, 4) is 0 Å². The van der Waals surface area contributed by atoms with E-state index in [1.54, 1.807) is 0 Å². The molecule has 1 atom stereocenters. The van der Waals surface area contributed by atoms with Gasteiger partial charge in [-0.2, -0.15) is 0 Å². The van der Waals surface area contributed by atoms with Gasteiger partial charge in [-0.3, -0.25) is 0 Å². The number of nitrogens with zero attached hydrogens (tertiary/aromatic N) is 1. The summed E-state index contributed by atoms with van der Waals surface area (Å²) in [6, 6.07) is 9.54. The molecule has 2 heteroatoms. The SMILES string of the molecule is CC(Nc1cccc(N2CCCC2)c1)C1CC1. The number of rotatable bonds is 4. The highest BCUT2D eigenvalue weighted by Crippen LogP contribution is 2.34. The van der Waals surface area contributed by atoms with Crippen LogP contribution in [0.2, 0.25) is 0 Å². The molecule has 1 aromatic carbocycles. The normalized spacial score (nSPS) is 21.6. The first-order valence-corrected chi connectivity index (χ1v) is 6.94. The fourth-order valence-electron chi connectivity index (χ4n) is 2.74. The van der Waals surface area contributed by atoms with Crippen LogP contribution in [0.5, 0.6) is 0 Å². The van der Waals surface area contributed by atoms with E-state index in [-0.39, 0.29) is 0 Å². The number of hydrogen-bond acceptors (Lipinski definition) is 2. The Morgan fingerprint density at radius 3 is 2.71 bits per heavy atom. The Morgan fingerprint density at radius 1 is 1.24 bits per heavy atom. The van der Waals surface area contributed by atoms with E-state index in [1.807, 2.05) is 0 Å². The molecule has 92 valence electrons. The minimum atomic E-state index is 0.629. The first-order valence-electron chi connectivity index (χ1n) is 6.94. The molecule has 1 aliphatic heterocycles. The summed E-state index contributed by atoms with van der Waals surface area (Å²) in [4.78, 5) is 2.49. The van der Waals surface area contributed by atoms with Crippen molar-refractivity contribution in [3.05, 3.63) is 24.3 Å². The molecule has 0 bridgehead atoms. The van der Waals surface area contributed by atoms with Crippen LogP contribution in [-0.4, -0.2) is 19.1 Å². The molecule has 0 radical (unpaired) electrons. The fraction of sp³-hybridized carbons (Fsp3) is 0.600. The second kappa shape index (κ2) is 4.59. The lowest BCUT2D eigenvalue weighted by atomic mass is 10.2. The Hall–Kier alpha value is -1.18. The highest BCUT2D eigenvalue weighted by Gasteiger charge is 2.27. The van der Waals surface area contributed by atoms with Crippen molar-refractivity contribution >= 4 is 11.4 Å². The smallest absolute Gasteiger partial charge is 0.0386 e. The first kappa shape index (κ1) is 10.9. The molecule has 0 spiro atoms. The monoisotopic (exact) mass is 230 g/mol. The van der Waals surface area contributed by atoms with E-state index in [9.17, 15) is 0 Å². The van der Waals surface area contributed by atoms with Crippen LogP contribution in [0.25, 0.3) is 0 Å². The summed E-state index contributed by atoms with van der Waals surface area (Å²) in [5, 5.41) is 3.64. The van der Waals surface area contributed by atoms with Gasteiger partial charge in [-0.05, 0) is 56.7 Å². The molecule has 17 heavy (non-hydrogen) atoms. The van der Waals surface area contributed by atoms with Crippen molar-refractivity contribution in [2.45, 2.75) is 38.6 Å². The molecule has 2 aliphatic rings. The van der Waals surface area contributed by atoms with Crippen LogP contribution in [0.3, 0.4) is 0 Å². The Balaban J connectivity index is 1.69. The van der Waals surface area contributed by atoms with Gasteiger partial charge in [-0.1, -0.05) is 6.07 Å². The number of benzene rings is 1. The summed E-state index contributed by atoms with van der Waals surface area (Å²) >= 11 is 0. The summed E-state index contributed by atoms with van der Waals surface area (Å²) in [5.74, 6) is 0.908. The lowest BCUT2D eigenvalue weighted by Gasteiger charge is -2.20. The predicted octanol–water partition coefficient (Wildman–Crippen LogP) is 3.50. The summed E-state index contributed by atoms with van der Waals surface area (Å²) in [5.41, 5.74) is 2.67. The Kier molecular flexibility index (Phi) is 2.96.